The molecule has 1 aromatic heterocycles. The third kappa shape index (κ3) is 4.40. The van der Waals surface area contributed by atoms with E-state index in [2.05, 4.69) is 30.6 Å². The molecule has 7 heteroatoms. The lowest BCUT2D eigenvalue weighted by atomic mass is 9.92. The third-order valence-corrected chi connectivity index (χ3v) is 4.47. The lowest BCUT2D eigenvalue weighted by Crippen LogP contribution is -2.22. The van der Waals surface area contributed by atoms with Crippen LogP contribution in [0.1, 0.15) is 26.5 Å². The van der Waals surface area contributed by atoms with Gasteiger partial charge >= 0.3 is 0 Å². The number of nitrogens with zero attached hydrogens (tertiary/aromatic N) is 2. The average molecular weight is 336 g/mol. The minimum absolute atomic E-state index is 0.0818. The van der Waals surface area contributed by atoms with E-state index < -0.39 is 11.0 Å². The molecule has 0 aliphatic rings. The highest BCUT2D eigenvalue weighted by Gasteiger charge is 2.19. The molecule has 2 rings (SSSR count). The van der Waals surface area contributed by atoms with Crippen molar-refractivity contribution in [1.29, 1.82) is 0 Å². The van der Waals surface area contributed by atoms with Crippen LogP contribution in [0.5, 0.6) is 0 Å². The summed E-state index contributed by atoms with van der Waals surface area (Å²) in [7, 11) is 0.312. The SMILES string of the molecule is COCCNS(=O)c1cccc(-n2nc(C(C)(C)C)cc2N)c1. The molecule has 3 N–H and O–H groups in total. The van der Waals surface area contributed by atoms with E-state index in [0.717, 1.165) is 11.4 Å². The number of ether oxygens (including phenoxy) is 1. The molecule has 2 aromatic rings. The lowest BCUT2D eigenvalue weighted by molar-refractivity contribution is 0.205. The van der Waals surface area contributed by atoms with E-state index in [-0.39, 0.29) is 5.41 Å². The molecule has 6 nitrogen and oxygen atoms in total. The first-order valence-electron chi connectivity index (χ1n) is 7.43. The van der Waals surface area contributed by atoms with Gasteiger partial charge < -0.3 is 10.5 Å². The van der Waals surface area contributed by atoms with Gasteiger partial charge in [0.25, 0.3) is 0 Å². The first-order valence-corrected chi connectivity index (χ1v) is 8.58. The van der Waals surface area contributed by atoms with Crippen molar-refractivity contribution in [2.24, 2.45) is 0 Å². The fourth-order valence-corrected chi connectivity index (χ4v) is 2.88. The summed E-state index contributed by atoms with van der Waals surface area (Å²) in [5, 5.41) is 4.58. The van der Waals surface area contributed by atoms with Crippen molar-refractivity contribution in [2.75, 3.05) is 26.0 Å². The predicted octanol–water partition coefficient (Wildman–Crippen LogP) is 2.01. The van der Waals surface area contributed by atoms with Crippen molar-refractivity contribution in [3.63, 3.8) is 0 Å². The van der Waals surface area contributed by atoms with E-state index >= 15 is 0 Å². The highest BCUT2D eigenvalue weighted by molar-refractivity contribution is 7.83. The summed E-state index contributed by atoms with van der Waals surface area (Å²) in [6.45, 7) is 7.29. The van der Waals surface area contributed by atoms with Gasteiger partial charge in [-0.25, -0.2) is 13.6 Å². The van der Waals surface area contributed by atoms with Gasteiger partial charge in [-0.05, 0) is 18.2 Å². The van der Waals surface area contributed by atoms with Crippen LogP contribution in [0.25, 0.3) is 5.69 Å². The Hall–Kier alpha value is -1.70. The van der Waals surface area contributed by atoms with E-state index in [4.69, 9.17) is 10.5 Å². The van der Waals surface area contributed by atoms with Gasteiger partial charge in [0.15, 0.2) is 0 Å². The number of benzene rings is 1. The van der Waals surface area contributed by atoms with Crippen molar-refractivity contribution in [2.45, 2.75) is 31.1 Å². The number of aromatic nitrogens is 2. The molecule has 0 spiro atoms. The molecule has 0 radical (unpaired) electrons. The van der Waals surface area contributed by atoms with Crippen molar-refractivity contribution < 1.29 is 8.95 Å². The molecule has 0 aliphatic heterocycles. The number of hydrogen-bond acceptors (Lipinski definition) is 4. The molecule has 0 aliphatic carbocycles. The molecule has 126 valence electrons. The Balaban J connectivity index is 2.26. The Morgan fingerprint density at radius 3 is 2.70 bits per heavy atom. The van der Waals surface area contributed by atoms with Crippen LogP contribution in [0.3, 0.4) is 0 Å². The molecule has 0 saturated carbocycles. The Morgan fingerprint density at radius 2 is 2.09 bits per heavy atom. The summed E-state index contributed by atoms with van der Waals surface area (Å²) >= 11 is 0. The third-order valence-electron chi connectivity index (χ3n) is 3.32. The molecular weight excluding hydrogens is 312 g/mol. The van der Waals surface area contributed by atoms with Gasteiger partial charge in [-0.2, -0.15) is 5.10 Å². The van der Waals surface area contributed by atoms with E-state index in [1.54, 1.807) is 11.8 Å². The Labute approximate surface area is 139 Å². The van der Waals surface area contributed by atoms with Crippen LogP contribution >= 0.6 is 0 Å². The molecule has 1 aromatic carbocycles. The second-order valence-corrected chi connectivity index (χ2v) is 7.57. The number of hydrogen-bond donors (Lipinski definition) is 2. The van der Waals surface area contributed by atoms with Crippen LogP contribution in [0.15, 0.2) is 35.2 Å². The second-order valence-electron chi connectivity index (χ2n) is 6.27. The number of anilines is 1. The number of nitrogens with two attached hydrogens (primary N) is 1. The van der Waals surface area contributed by atoms with Gasteiger partial charge in [0, 0.05) is 25.1 Å². The van der Waals surface area contributed by atoms with Crippen LogP contribution in [-0.4, -0.2) is 34.3 Å². The predicted molar refractivity (Wildman–Crippen MR) is 93.0 cm³/mol. The number of rotatable bonds is 6. The topological polar surface area (TPSA) is 82.2 Å². The zero-order chi connectivity index (χ0) is 17.0. The summed E-state index contributed by atoms with van der Waals surface area (Å²) in [5.74, 6) is 0.560. The van der Waals surface area contributed by atoms with Crippen molar-refractivity contribution in [3.8, 4) is 5.69 Å². The standard InChI is InChI=1S/C16H24N4O2S/c1-16(2,3)14-11-15(17)20(19-14)12-6-5-7-13(10-12)23(21)18-8-9-22-4/h5-7,10-11,18H,8-9,17H2,1-4H3. The lowest BCUT2D eigenvalue weighted by Gasteiger charge is -2.14. The zero-order valence-electron chi connectivity index (χ0n) is 14.0. The molecule has 0 saturated heterocycles. The summed E-state index contributed by atoms with van der Waals surface area (Å²) in [4.78, 5) is 0.672. The van der Waals surface area contributed by atoms with Crippen LogP contribution in [0.2, 0.25) is 0 Å². The van der Waals surface area contributed by atoms with Gasteiger partial charge in [-0.15, -0.1) is 0 Å². The first-order chi connectivity index (χ1) is 10.8. The quantitative estimate of drug-likeness (QED) is 0.791. The summed E-state index contributed by atoms with van der Waals surface area (Å²) in [5.41, 5.74) is 7.71. The second kappa shape index (κ2) is 7.25. The van der Waals surface area contributed by atoms with Gasteiger partial charge in [-0.1, -0.05) is 26.8 Å². The molecule has 0 bridgehead atoms. The van der Waals surface area contributed by atoms with Gasteiger partial charge in [0.2, 0.25) is 0 Å². The minimum Gasteiger partial charge on any atom is -0.384 e. The number of nitrogens with one attached hydrogen (secondary N) is 1. The zero-order valence-corrected chi connectivity index (χ0v) is 14.8. The van der Waals surface area contributed by atoms with E-state index in [9.17, 15) is 4.21 Å². The molecule has 0 amide bonds. The van der Waals surface area contributed by atoms with Crippen LogP contribution in [0.4, 0.5) is 5.82 Å². The van der Waals surface area contributed by atoms with E-state index in [0.29, 0.717) is 23.9 Å². The van der Waals surface area contributed by atoms with Crippen LogP contribution in [0, 0.1) is 0 Å². The molecule has 23 heavy (non-hydrogen) atoms. The summed E-state index contributed by atoms with van der Waals surface area (Å²) in [6, 6.07) is 9.25. The van der Waals surface area contributed by atoms with E-state index in [1.807, 2.05) is 30.3 Å². The molecule has 1 unspecified atom stereocenters. The number of methoxy groups -OCH3 is 1. The van der Waals surface area contributed by atoms with Gasteiger partial charge in [0.1, 0.15) is 16.8 Å². The molecular formula is C16H24N4O2S. The Kier molecular flexibility index (Phi) is 5.56. The van der Waals surface area contributed by atoms with Crippen molar-refractivity contribution in [3.05, 3.63) is 36.0 Å². The first kappa shape index (κ1) is 17.7. The monoisotopic (exact) mass is 336 g/mol. The largest absolute Gasteiger partial charge is 0.384 e. The molecule has 1 atom stereocenters. The fourth-order valence-electron chi connectivity index (χ4n) is 2.02. The van der Waals surface area contributed by atoms with Gasteiger partial charge in [-0.3, -0.25) is 0 Å². The summed E-state index contributed by atoms with van der Waals surface area (Å²) in [6.07, 6.45) is 0. The average Bonchev–Trinajstić information content (AvgIpc) is 2.90. The maximum atomic E-state index is 12.2. The normalized spacial score (nSPS) is 13.2. The van der Waals surface area contributed by atoms with Crippen molar-refractivity contribution >= 4 is 16.8 Å². The fraction of sp³-hybridized carbons (Fsp3) is 0.438. The molecule has 1 heterocycles. The molecule has 0 fully saturated rings. The maximum Gasteiger partial charge on any atom is 0.127 e. The number of nitrogen functional groups attached to an aromatic ring is 1. The maximum absolute atomic E-state index is 12.2. The summed E-state index contributed by atoms with van der Waals surface area (Å²) < 4.78 is 21.8. The minimum atomic E-state index is -1.30. The van der Waals surface area contributed by atoms with Crippen LogP contribution in [-0.2, 0) is 21.1 Å². The highest BCUT2D eigenvalue weighted by atomic mass is 32.2. The van der Waals surface area contributed by atoms with Crippen LogP contribution < -0.4 is 10.5 Å². The Morgan fingerprint density at radius 1 is 1.35 bits per heavy atom. The van der Waals surface area contributed by atoms with Gasteiger partial charge in [0.05, 0.1) is 22.9 Å². The highest BCUT2D eigenvalue weighted by Crippen LogP contribution is 2.25. The van der Waals surface area contributed by atoms with Crippen molar-refractivity contribution in [1.82, 2.24) is 14.5 Å². The smallest absolute Gasteiger partial charge is 0.127 e. The van der Waals surface area contributed by atoms with E-state index in [1.165, 1.54) is 0 Å². The Bertz CT molecular complexity index is 692.